The van der Waals surface area contributed by atoms with Crippen LogP contribution in [0.4, 0.5) is 4.79 Å². The first-order valence-electron chi connectivity index (χ1n) is 6.27. The van der Waals surface area contributed by atoms with Crippen LogP contribution in [0.5, 0.6) is 0 Å². The van der Waals surface area contributed by atoms with Gasteiger partial charge in [0, 0.05) is 29.6 Å². The van der Waals surface area contributed by atoms with Crippen LogP contribution in [0.3, 0.4) is 0 Å². The number of nitrogens with one attached hydrogen (secondary N) is 2. The lowest BCUT2D eigenvalue weighted by Gasteiger charge is -2.13. The van der Waals surface area contributed by atoms with Gasteiger partial charge in [-0.05, 0) is 17.7 Å². The number of amides is 2. The second kappa shape index (κ2) is 9.69. The lowest BCUT2D eigenvalue weighted by molar-refractivity contribution is 0.173. The second-order valence-corrected chi connectivity index (χ2v) is 5.65. The quantitative estimate of drug-likeness (QED) is 0.510. The minimum Gasteiger partial charge on any atom is -0.387 e. The molecular formula is C14H19ClN2O2S. The Morgan fingerprint density at radius 3 is 2.75 bits per heavy atom. The maximum Gasteiger partial charge on any atom is 0.314 e. The van der Waals surface area contributed by atoms with Gasteiger partial charge < -0.3 is 15.7 Å². The molecule has 6 heteroatoms. The minimum absolute atomic E-state index is 0.160. The Bertz CT molecular complexity index is 426. The lowest BCUT2D eigenvalue weighted by atomic mass is 10.1. The van der Waals surface area contributed by atoms with Crippen molar-refractivity contribution in [2.24, 2.45) is 0 Å². The molecule has 1 aromatic rings. The zero-order valence-corrected chi connectivity index (χ0v) is 12.7. The Balaban J connectivity index is 2.20. The molecule has 0 aliphatic rings. The molecule has 4 nitrogen and oxygen atoms in total. The van der Waals surface area contributed by atoms with Crippen molar-refractivity contribution in [3.8, 4) is 0 Å². The average Bonchev–Trinajstić information content (AvgIpc) is 2.45. The first-order chi connectivity index (χ1) is 9.63. The molecule has 0 aromatic heterocycles. The number of hydrogen-bond acceptors (Lipinski definition) is 3. The van der Waals surface area contributed by atoms with Crippen molar-refractivity contribution in [2.45, 2.75) is 6.10 Å². The molecule has 1 aromatic carbocycles. The minimum atomic E-state index is -0.742. The Morgan fingerprint density at radius 2 is 2.10 bits per heavy atom. The molecule has 0 saturated carbocycles. The predicted octanol–water partition coefficient (Wildman–Crippen LogP) is 2.59. The van der Waals surface area contributed by atoms with E-state index in [1.54, 1.807) is 36.0 Å². The fourth-order valence-electron chi connectivity index (χ4n) is 1.46. The molecular weight excluding hydrogens is 296 g/mol. The van der Waals surface area contributed by atoms with Gasteiger partial charge in [0.15, 0.2) is 0 Å². The molecule has 2 amide bonds. The van der Waals surface area contributed by atoms with Crippen molar-refractivity contribution in [1.29, 1.82) is 0 Å². The van der Waals surface area contributed by atoms with Gasteiger partial charge in [-0.1, -0.05) is 29.8 Å². The summed E-state index contributed by atoms with van der Waals surface area (Å²) in [5.74, 6) is 1.71. The average molecular weight is 315 g/mol. The van der Waals surface area contributed by atoms with E-state index in [0.29, 0.717) is 11.6 Å². The summed E-state index contributed by atoms with van der Waals surface area (Å²) >= 11 is 7.46. The predicted molar refractivity (Wildman–Crippen MR) is 85.3 cm³/mol. The van der Waals surface area contributed by atoms with Gasteiger partial charge in [0.1, 0.15) is 0 Å². The summed E-state index contributed by atoms with van der Waals surface area (Å²) in [6.45, 7) is 4.36. The number of carbonyl (C=O) groups is 1. The maximum atomic E-state index is 11.5. The highest BCUT2D eigenvalue weighted by atomic mass is 35.5. The van der Waals surface area contributed by atoms with Crippen molar-refractivity contribution in [3.63, 3.8) is 0 Å². The molecule has 1 atom stereocenters. The van der Waals surface area contributed by atoms with Crippen LogP contribution in [-0.2, 0) is 0 Å². The molecule has 1 rings (SSSR count). The number of aliphatic hydroxyl groups is 1. The van der Waals surface area contributed by atoms with Crippen LogP contribution >= 0.6 is 23.4 Å². The van der Waals surface area contributed by atoms with Crippen LogP contribution in [0.1, 0.15) is 11.7 Å². The van der Waals surface area contributed by atoms with Crippen LogP contribution in [0.15, 0.2) is 36.9 Å². The van der Waals surface area contributed by atoms with Gasteiger partial charge in [-0.15, -0.1) is 6.58 Å². The monoisotopic (exact) mass is 314 g/mol. The van der Waals surface area contributed by atoms with Gasteiger partial charge in [0.2, 0.25) is 0 Å². The highest BCUT2D eigenvalue weighted by Crippen LogP contribution is 2.15. The van der Waals surface area contributed by atoms with E-state index in [1.807, 2.05) is 6.08 Å². The van der Waals surface area contributed by atoms with Gasteiger partial charge in [-0.2, -0.15) is 11.8 Å². The van der Waals surface area contributed by atoms with E-state index in [1.165, 1.54) is 0 Å². The zero-order chi connectivity index (χ0) is 14.8. The van der Waals surface area contributed by atoms with E-state index < -0.39 is 6.10 Å². The number of rotatable bonds is 8. The second-order valence-electron chi connectivity index (χ2n) is 4.07. The summed E-state index contributed by atoms with van der Waals surface area (Å²) in [6, 6.07) is 6.60. The summed E-state index contributed by atoms with van der Waals surface area (Å²) in [6.07, 6.45) is 1.08. The molecule has 3 N–H and O–H groups in total. The first kappa shape index (κ1) is 16.9. The fourth-order valence-corrected chi connectivity index (χ4v) is 2.16. The molecule has 0 bridgehead atoms. The number of thioether (sulfide) groups is 1. The normalized spacial score (nSPS) is 11.7. The number of urea groups is 1. The van der Waals surface area contributed by atoms with E-state index in [4.69, 9.17) is 11.6 Å². The van der Waals surface area contributed by atoms with Crippen molar-refractivity contribution in [3.05, 3.63) is 47.5 Å². The zero-order valence-electron chi connectivity index (χ0n) is 11.1. The van der Waals surface area contributed by atoms with Gasteiger partial charge in [0.25, 0.3) is 0 Å². The Kier molecular flexibility index (Phi) is 8.18. The van der Waals surface area contributed by atoms with Crippen LogP contribution in [0, 0.1) is 0 Å². The van der Waals surface area contributed by atoms with Gasteiger partial charge in [-0.3, -0.25) is 0 Å². The molecule has 0 heterocycles. The molecule has 0 spiro atoms. The van der Waals surface area contributed by atoms with Crippen molar-refractivity contribution < 1.29 is 9.90 Å². The highest BCUT2D eigenvalue weighted by molar-refractivity contribution is 7.99. The molecule has 0 aliphatic heterocycles. The largest absolute Gasteiger partial charge is 0.387 e. The smallest absolute Gasteiger partial charge is 0.314 e. The molecule has 0 fully saturated rings. The van der Waals surface area contributed by atoms with E-state index in [2.05, 4.69) is 17.2 Å². The lowest BCUT2D eigenvalue weighted by Crippen LogP contribution is -2.38. The van der Waals surface area contributed by atoms with E-state index >= 15 is 0 Å². The van der Waals surface area contributed by atoms with E-state index in [9.17, 15) is 9.90 Å². The molecule has 0 radical (unpaired) electrons. The molecule has 0 saturated heterocycles. The molecule has 1 unspecified atom stereocenters. The summed E-state index contributed by atoms with van der Waals surface area (Å²) in [5.41, 5.74) is 0.719. The van der Waals surface area contributed by atoms with Gasteiger partial charge in [0.05, 0.1) is 6.10 Å². The Labute approximate surface area is 128 Å². The summed E-state index contributed by atoms with van der Waals surface area (Å²) < 4.78 is 0. The van der Waals surface area contributed by atoms with Gasteiger partial charge in [-0.25, -0.2) is 4.79 Å². The van der Waals surface area contributed by atoms with Crippen LogP contribution in [0.25, 0.3) is 0 Å². The Hall–Kier alpha value is -1.17. The summed E-state index contributed by atoms with van der Waals surface area (Å²) in [7, 11) is 0. The van der Waals surface area contributed by atoms with Crippen LogP contribution in [-0.4, -0.2) is 35.7 Å². The third kappa shape index (κ3) is 6.84. The topological polar surface area (TPSA) is 61.4 Å². The van der Waals surface area contributed by atoms with Crippen LogP contribution < -0.4 is 10.6 Å². The van der Waals surface area contributed by atoms with Gasteiger partial charge >= 0.3 is 6.03 Å². The summed E-state index contributed by atoms with van der Waals surface area (Å²) in [5, 5.41) is 15.9. The van der Waals surface area contributed by atoms with E-state index in [-0.39, 0.29) is 12.6 Å². The number of carbonyl (C=O) groups excluding carboxylic acids is 1. The number of benzene rings is 1. The van der Waals surface area contributed by atoms with Crippen molar-refractivity contribution in [1.82, 2.24) is 10.6 Å². The third-order valence-electron chi connectivity index (χ3n) is 2.48. The fraction of sp³-hybridized carbons (Fsp3) is 0.357. The number of aliphatic hydroxyl groups excluding tert-OH is 1. The van der Waals surface area contributed by atoms with E-state index in [0.717, 1.165) is 17.1 Å². The highest BCUT2D eigenvalue weighted by Gasteiger charge is 2.08. The van der Waals surface area contributed by atoms with Crippen molar-refractivity contribution in [2.75, 3.05) is 24.6 Å². The number of hydrogen-bond donors (Lipinski definition) is 3. The SMILES string of the molecule is C=CCSCCNC(=O)NCC(O)c1ccc(Cl)cc1. The molecule has 0 aliphatic carbocycles. The Morgan fingerprint density at radius 1 is 1.40 bits per heavy atom. The third-order valence-corrected chi connectivity index (χ3v) is 3.69. The maximum absolute atomic E-state index is 11.5. The number of halogens is 1. The molecule has 110 valence electrons. The summed E-state index contributed by atoms with van der Waals surface area (Å²) in [4.78, 5) is 11.5. The van der Waals surface area contributed by atoms with Crippen LogP contribution in [0.2, 0.25) is 5.02 Å². The molecule has 20 heavy (non-hydrogen) atoms. The standard InChI is InChI=1S/C14H19ClN2O2S/c1-2-8-20-9-7-16-14(19)17-10-13(18)11-3-5-12(15)6-4-11/h2-6,13,18H,1,7-10H2,(H2,16,17,19). The van der Waals surface area contributed by atoms with Crippen molar-refractivity contribution >= 4 is 29.4 Å². The first-order valence-corrected chi connectivity index (χ1v) is 7.80.